The first-order chi connectivity index (χ1) is 5.70. The maximum absolute atomic E-state index is 10.5. The third-order valence-corrected chi connectivity index (χ3v) is 2.47. The summed E-state index contributed by atoms with van der Waals surface area (Å²) in [6, 6.07) is 2.01. The van der Waals surface area contributed by atoms with E-state index in [1.54, 1.807) is 6.07 Å². The van der Waals surface area contributed by atoms with Gasteiger partial charge in [0, 0.05) is 18.3 Å². The molecule has 2 heterocycles. The molecular formula is C8H10N2O2. The minimum atomic E-state index is -0.302. The molecule has 4 nitrogen and oxygen atoms in total. The molecule has 0 saturated carbocycles. The van der Waals surface area contributed by atoms with E-state index in [1.807, 2.05) is 10.8 Å². The van der Waals surface area contributed by atoms with Crippen LogP contribution in [0.3, 0.4) is 0 Å². The van der Waals surface area contributed by atoms with Crippen LogP contribution in [0.1, 0.15) is 25.1 Å². The summed E-state index contributed by atoms with van der Waals surface area (Å²) in [6.07, 6.45) is 3.67. The first kappa shape index (κ1) is 7.34. The number of hydrogen-bond acceptors (Lipinski definition) is 2. The van der Waals surface area contributed by atoms with Gasteiger partial charge >= 0.3 is 0 Å². The van der Waals surface area contributed by atoms with Crippen LogP contribution in [0.5, 0.6) is 0 Å². The van der Waals surface area contributed by atoms with Crippen molar-refractivity contribution in [2.24, 2.45) is 0 Å². The highest BCUT2D eigenvalue weighted by molar-refractivity contribution is 5.38. The van der Waals surface area contributed by atoms with E-state index in [2.05, 4.69) is 6.92 Å². The quantitative estimate of drug-likeness (QED) is 0.472. The molecule has 1 aromatic rings. The first-order valence-electron chi connectivity index (χ1n) is 4.04. The predicted molar refractivity (Wildman–Crippen MR) is 44.1 cm³/mol. The third kappa shape index (κ3) is 0.841. The molecule has 0 aromatic carbocycles. The van der Waals surface area contributed by atoms with Crippen molar-refractivity contribution >= 4 is 5.69 Å². The molecule has 0 N–H and O–H groups in total. The molecule has 0 spiro atoms. The lowest BCUT2D eigenvalue weighted by molar-refractivity contribution is -0.385. The standard InChI is InChI=1S/C8H10N2O2/c1-6-2-3-7-8(10(11)12)4-5-9(6)7/h4-6H,2-3H2,1H3. The molecule has 1 aromatic heterocycles. The summed E-state index contributed by atoms with van der Waals surface area (Å²) in [4.78, 5) is 10.2. The molecule has 0 amide bonds. The summed E-state index contributed by atoms with van der Waals surface area (Å²) in [6.45, 7) is 2.08. The van der Waals surface area contributed by atoms with Gasteiger partial charge in [-0.25, -0.2) is 0 Å². The van der Waals surface area contributed by atoms with Gasteiger partial charge in [-0.3, -0.25) is 10.1 Å². The number of nitrogens with zero attached hydrogens (tertiary/aromatic N) is 2. The topological polar surface area (TPSA) is 48.1 Å². The van der Waals surface area contributed by atoms with Crippen molar-refractivity contribution in [1.29, 1.82) is 0 Å². The van der Waals surface area contributed by atoms with Gasteiger partial charge in [-0.05, 0) is 19.8 Å². The Kier molecular flexibility index (Phi) is 1.43. The molecule has 1 aliphatic rings. The summed E-state index contributed by atoms with van der Waals surface area (Å²) < 4.78 is 2.00. The molecular weight excluding hydrogens is 156 g/mol. The van der Waals surface area contributed by atoms with E-state index in [0.29, 0.717) is 6.04 Å². The molecule has 0 bridgehead atoms. The molecule has 1 aliphatic heterocycles. The Balaban J connectivity index is 2.49. The van der Waals surface area contributed by atoms with E-state index in [0.717, 1.165) is 18.5 Å². The monoisotopic (exact) mass is 166 g/mol. The fourth-order valence-corrected chi connectivity index (χ4v) is 1.79. The van der Waals surface area contributed by atoms with Gasteiger partial charge in [-0.2, -0.15) is 0 Å². The van der Waals surface area contributed by atoms with Gasteiger partial charge in [0.1, 0.15) is 0 Å². The van der Waals surface area contributed by atoms with E-state index in [1.165, 1.54) is 0 Å². The fraction of sp³-hybridized carbons (Fsp3) is 0.500. The summed E-state index contributed by atoms with van der Waals surface area (Å²) in [5, 5.41) is 10.5. The molecule has 4 heteroatoms. The minimum Gasteiger partial charge on any atom is -0.343 e. The van der Waals surface area contributed by atoms with Crippen LogP contribution in [0.25, 0.3) is 0 Å². The van der Waals surface area contributed by atoms with E-state index < -0.39 is 0 Å². The van der Waals surface area contributed by atoms with Gasteiger partial charge in [0.15, 0.2) is 0 Å². The summed E-state index contributed by atoms with van der Waals surface area (Å²) in [5.74, 6) is 0. The predicted octanol–water partition coefficient (Wildman–Crippen LogP) is 1.90. The molecule has 0 fully saturated rings. The van der Waals surface area contributed by atoms with Crippen molar-refractivity contribution in [2.45, 2.75) is 25.8 Å². The lowest BCUT2D eigenvalue weighted by Crippen LogP contribution is -1.96. The SMILES string of the molecule is CC1CCc2c([N+](=O)[O-])ccn21. The first-order valence-corrected chi connectivity index (χ1v) is 4.04. The van der Waals surface area contributed by atoms with Gasteiger partial charge in [0.25, 0.3) is 5.69 Å². The van der Waals surface area contributed by atoms with Crippen LogP contribution in [0.2, 0.25) is 0 Å². The van der Waals surface area contributed by atoms with Crippen molar-refractivity contribution in [3.63, 3.8) is 0 Å². The van der Waals surface area contributed by atoms with Gasteiger partial charge < -0.3 is 4.57 Å². The molecule has 2 rings (SSSR count). The lowest BCUT2D eigenvalue weighted by atomic mass is 10.2. The molecule has 64 valence electrons. The van der Waals surface area contributed by atoms with Crippen molar-refractivity contribution in [1.82, 2.24) is 4.57 Å². The zero-order chi connectivity index (χ0) is 8.72. The summed E-state index contributed by atoms with van der Waals surface area (Å²) >= 11 is 0. The zero-order valence-electron chi connectivity index (χ0n) is 6.86. The van der Waals surface area contributed by atoms with E-state index in [4.69, 9.17) is 0 Å². The summed E-state index contributed by atoms with van der Waals surface area (Å²) in [7, 11) is 0. The van der Waals surface area contributed by atoms with Crippen LogP contribution < -0.4 is 0 Å². The number of rotatable bonds is 1. The van der Waals surface area contributed by atoms with E-state index in [-0.39, 0.29) is 10.6 Å². The number of nitro groups is 1. The highest BCUT2D eigenvalue weighted by Gasteiger charge is 2.26. The second-order valence-electron chi connectivity index (χ2n) is 3.20. The van der Waals surface area contributed by atoms with E-state index in [9.17, 15) is 10.1 Å². The normalized spacial score (nSPS) is 20.9. The van der Waals surface area contributed by atoms with Gasteiger partial charge in [0.2, 0.25) is 0 Å². The van der Waals surface area contributed by atoms with Crippen molar-refractivity contribution in [3.8, 4) is 0 Å². The minimum absolute atomic E-state index is 0.277. The smallest absolute Gasteiger partial charge is 0.290 e. The molecule has 0 aliphatic carbocycles. The zero-order valence-corrected chi connectivity index (χ0v) is 6.86. The molecule has 1 atom stereocenters. The summed E-state index contributed by atoms with van der Waals surface area (Å²) in [5.41, 5.74) is 1.16. The highest BCUT2D eigenvalue weighted by Crippen LogP contribution is 2.32. The largest absolute Gasteiger partial charge is 0.343 e. The van der Waals surface area contributed by atoms with Gasteiger partial charge in [-0.1, -0.05) is 0 Å². The molecule has 0 radical (unpaired) electrons. The Morgan fingerprint density at radius 2 is 2.50 bits per heavy atom. The van der Waals surface area contributed by atoms with Crippen molar-refractivity contribution in [3.05, 3.63) is 28.1 Å². The Morgan fingerprint density at radius 3 is 3.17 bits per heavy atom. The Labute approximate surface area is 70.0 Å². The Morgan fingerprint density at radius 1 is 1.75 bits per heavy atom. The maximum atomic E-state index is 10.5. The van der Waals surface area contributed by atoms with Gasteiger partial charge in [0.05, 0.1) is 10.6 Å². The molecule has 1 unspecified atom stereocenters. The average Bonchev–Trinajstić information content (AvgIpc) is 2.53. The Bertz CT molecular complexity index is 330. The van der Waals surface area contributed by atoms with Crippen LogP contribution in [-0.2, 0) is 6.42 Å². The van der Waals surface area contributed by atoms with Crippen molar-refractivity contribution < 1.29 is 4.92 Å². The maximum Gasteiger partial charge on any atom is 0.290 e. The second-order valence-corrected chi connectivity index (χ2v) is 3.20. The van der Waals surface area contributed by atoms with E-state index >= 15 is 0 Å². The highest BCUT2D eigenvalue weighted by atomic mass is 16.6. The molecule has 12 heavy (non-hydrogen) atoms. The lowest BCUT2D eigenvalue weighted by Gasteiger charge is -2.03. The third-order valence-electron chi connectivity index (χ3n) is 2.47. The van der Waals surface area contributed by atoms with Crippen LogP contribution in [0.4, 0.5) is 5.69 Å². The fourth-order valence-electron chi connectivity index (χ4n) is 1.79. The average molecular weight is 166 g/mol. The van der Waals surface area contributed by atoms with Gasteiger partial charge in [-0.15, -0.1) is 0 Å². The number of fused-ring (bicyclic) bond motifs is 1. The molecule has 0 saturated heterocycles. The van der Waals surface area contributed by atoms with Crippen LogP contribution >= 0.6 is 0 Å². The van der Waals surface area contributed by atoms with Crippen LogP contribution in [-0.4, -0.2) is 9.49 Å². The Hall–Kier alpha value is -1.32. The van der Waals surface area contributed by atoms with Crippen LogP contribution in [0.15, 0.2) is 12.3 Å². The van der Waals surface area contributed by atoms with Crippen molar-refractivity contribution in [2.75, 3.05) is 0 Å². The second kappa shape index (κ2) is 2.33. The number of hydrogen-bond donors (Lipinski definition) is 0. The van der Waals surface area contributed by atoms with Crippen LogP contribution in [0, 0.1) is 10.1 Å². The number of aromatic nitrogens is 1.